The molecule has 1 aromatic heterocycles. The number of hydrogen-bond donors (Lipinski definition) is 1. The third kappa shape index (κ3) is 6.78. The summed E-state index contributed by atoms with van der Waals surface area (Å²) in [6.07, 6.45) is 6.86. The van der Waals surface area contributed by atoms with E-state index in [4.69, 9.17) is 0 Å². The van der Waals surface area contributed by atoms with Crippen LogP contribution < -0.4 is 4.72 Å². The molecule has 0 saturated carbocycles. The Balaban J connectivity index is 2.16. The Kier molecular flexibility index (Phi) is 8.59. The first kappa shape index (κ1) is 23.3. The van der Waals surface area contributed by atoms with E-state index in [2.05, 4.69) is 16.7 Å². The summed E-state index contributed by atoms with van der Waals surface area (Å²) >= 11 is 0. The van der Waals surface area contributed by atoms with Gasteiger partial charge in [0.25, 0.3) is 5.91 Å². The zero-order chi connectivity index (χ0) is 21.4. The fraction of sp³-hybridized carbons (Fsp3) is 0.545. The van der Waals surface area contributed by atoms with Crippen molar-refractivity contribution in [3.63, 3.8) is 0 Å². The fourth-order valence-electron chi connectivity index (χ4n) is 3.33. The van der Waals surface area contributed by atoms with Crippen molar-refractivity contribution in [2.45, 2.75) is 83.6 Å². The number of hydrogen-bond acceptors (Lipinski definition) is 4. The van der Waals surface area contributed by atoms with E-state index in [9.17, 15) is 13.2 Å². The predicted octanol–water partition coefficient (Wildman–Crippen LogP) is 4.55. The maximum atomic E-state index is 13.1. The van der Waals surface area contributed by atoms with Gasteiger partial charge >= 0.3 is 0 Å². The third-order valence-corrected chi connectivity index (χ3v) is 6.48. The van der Waals surface area contributed by atoms with E-state index in [0.29, 0.717) is 12.1 Å². The van der Waals surface area contributed by atoms with E-state index >= 15 is 0 Å². The molecule has 0 bridgehead atoms. The van der Waals surface area contributed by atoms with E-state index in [-0.39, 0.29) is 10.8 Å². The number of rotatable bonds is 11. The average Bonchev–Trinajstić information content (AvgIpc) is 3.01. The van der Waals surface area contributed by atoms with Crippen LogP contribution in [0.5, 0.6) is 0 Å². The maximum Gasteiger partial charge on any atom is 0.265 e. The molecule has 0 amide bonds. The number of carbonyl (C=O) groups excluding carboxylic acids is 1. The number of benzene rings is 1. The van der Waals surface area contributed by atoms with Crippen LogP contribution in [0.4, 0.5) is 0 Å². The largest absolute Gasteiger partial charge is 0.271 e. The van der Waals surface area contributed by atoms with E-state index < -0.39 is 16.1 Å². The van der Waals surface area contributed by atoms with E-state index in [0.717, 1.165) is 30.5 Å². The predicted molar refractivity (Wildman–Crippen MR) is 116 cm³/mol. The molecule has 1 N–H and O–H groups in total. The maximum absolute atomic E-state index is 13.1. The van der Waals surface area contributed by atoms with Gasteiger partial charge in [-0.2, -0.15) is 9.82 Å². The van der Waals surface area contributed by atoms with Gasteiger partial charge in [0.1, 0.15) is 6.04 Å². The van der Waals surface area contributed by atoms with Crippen molar-refractivity contribution < 1.29 is 13.2 Å². The smallest absolute Gasteiger partial charge is 0.265 e. The van der Waals surface area contributed by atoms with Gasteiger partial charge in [-0.3, -0.25) is 4.79 Å². The summed E-state index contributed by atoms with van der Waals surface area (Å²) in [7, 11) is -3.80. The second-order valence-corrected chi connectivity index (χ2v) is 9.43. The quantitative estimate of drug-likeness (QED) is 0.542. The van der Waals surface area contributed by atoms with Crippen LogP contribution in [0.3, 0.4) is 0 Å². The zero-order valence-corrected chi connectivity index (χ0v) is 18.8. The Hall–Kier alpha value is -1.99. The summed E-state index contributed by atoms with van der Waals surface area (Å²) in [5, 5.41) is 4.25. The second-order valence-electron chi connectivity index (χ2n) is 7.72. The lowest BCUT2D eigenvalue weighted by molar-refractivity contribution is 0.0845. The SMILES string of the molecule is CCCCCCCCC(NS(=O)(=O)c1ccc(C)cc1)C(=O)n1nc(C)cc1C. The van der Waals surface area contributed by atoms with E-state index in [1.54, 1.807) is 31.2 Å². The van der Waals surface area contributed by atoms with Gasteiger partial charge < -0.3 is 0 Å². The van der Waals surface area contributed by atoms with Crippen molar-refractivity contribution in [1.82, 2.24) is 14.5 Å². The van der Waals surface area contributed by atoms with Crippen molar-refractivity contribution in [1.29, 1.82) is 0 Å². The molecule has 0 fully saturated rings. The lowest BCUT2D eigenvalue weighted by Gasteiger charge is -2.18. The number of sulfonamides is 1. The van der Waals surface area contributed by atoms with Crippen LogP contribution in [0, 0.1) is 20.8 Å². The number of aryl methyl sites for hydroxylation is 3. The highest BCUT2D eigenvalue weighted by atomic mass is 32.2. The molecule has 1 aromatic carbocycles. The van der Waals surface area contributed by atoms with Crippen LogP contribution in [0.25, 0.3) is 0 Å². The van der Waals surface area contributed by atoms with E-state index in [1.807, 2.05) is 19.9 Å². The lowest BCUT2D eigenvalue weighted by Crippen LogP contribution is -2.43. The minimum absolute atomic E-state index is 0.164. The first-order chi connectivity index (χ1) is 13.7. The average molecular weight is 420 g/mol. The highest BCUT2D eigenvalue weighted by Gasteiger charge is 2.27. The normalized spacial score (nSPS) is 12.8. The molecule has 0 aliphatic carbocycles. The second kappa shape index (κ2) is 10.7. The number of unbranched alkanes of at least 4 members (excludes halogenated alkanes) is 5. The fourth-order valence-corrected chi connectivity index (χ4v) is 4.56. The van der Waals surface area contributed by atoms with E-state index in [1.165, 1.54) is 23.9 Å². The molecule has 0 aliphatic rings. The molecule has 7 heteroatoms. The number of aromatic nitrogens is 2. The van der Waals surface area contributed by atoms with Gasteiger partial charge in [-0.1, -0.05) is 63.1 Å². The summed E-state index contributed by atoms with van der Waals surface area (Å²) in [6.45, 7) is 7.69. The van der Waals surface area contributed by atoms with Crippen LogP contribution in [0.15, 0.2) is 35.2 Å². The first-order valence-electron chi connectivity index (χ1n) is 10.4. The summed E-state index contributed by atoms with van der Waals surface area (Å²) in [5.41, 5.74) is 2.41. The zero-order valence-electron chi connectivity index (χ0n) is 17.9. The Labute approximate surface area is 174 Å². The van der Waals surface area contributed by atoms with Gasteiger partial charge in [0.2, 0.25) is 10.0 Å². The summed E-state index contributed by atoms with van der Waals surface area (Å²) in [6, 6.07) is 7.60. The van der Waals surface area contributed by atoms with Crippen molar-refractivity contribution in [2.24, 2.45) is 0 Å². The van der Waals surface area contributed by atoms with Gasteiger partial charge in [0.05, 0.1) is 10.6 Å². The highest BCUT2D eigenvalue weighted by Crippen LogP contribution is 2.15. The summed E-state index contributed by atoms with van der Waals surface area (Å²) in [4.78, 5) is 13.2. The van der Waals surface area contributed by atoms with Gasteiger partial charge in [-0.15, -0.1) is 0 Å². The van der Waals surface area contributed by atoms with Gasteiger partial charge in [0, 0.05) is 5.69 Å². The third-order valence-electron chi connectivity index (χ3n) is 4.99. The van der Waals surface area contributed by atoms with Crippen molar-refractivity contribution in [3.8, 4) is 0 Å². The molecular weight excluding hydrogens is 386 g/mol. The molecule has 160 valence electrons. The minimum atomic E-state index is -3.80. The Bertz CT molecular complexity index is 902. The van der Waals surface area contributed by atoms with Crippen LogP contribution >= 0.6 is 0 Å². The van der Waals surface area contributed by atoms with Gasteiger partial charge in [-0.25, -0.2) is 13.1 Å². The standard InChI is InChI=1S/C22H33N3O3S/c1-5-6-7-8-9-10-11-21(22(26)25-19(4)16-18(3)23-25)24-29(27,28)20-14-12-17(2)13-15-20/h12-16,21,24H,5-11H2,1-4H3. The molecule has 0 spiro atoms. The summed E-state index contributed by atoms with van der Waals surface area (Å²) < 4.78 is 29.7. The number of nitrogens with zero attached hydrogens (tertiary/aromatic N) is 2. The molecule has 1 heterocycles. The Morgan fingerprint density at radius 3 is 2.24 bits per heavy atom. The Morgan fingerprint density at radius 1 is 1.03 bits per heavy atom. The number of nitrogens with one attached hydrogen (secondary N) is 1. The van der Waals surface area contributed by atoms with Crippen LogP contribution in [0.2, 0.25) is 0 Å². The molecule has 1 atom stereocenters. The lowest BCUT2D eigenvalue weighted by atomic mass is 10.1. The molecule has 6 nitrogen and oxygen atoms in total. The van der Waals surface area contributed by atoms with Crippen molar-refractivity contribution >= 4 is 15.9 Å². The van der Waals surface area contributed by atoms with Gasteiger partial charge in [0.15, 0.2) is 0 Å². The molecule has 0 aliphatic heterocycles. The molecule has 0 saturated heterocycles. The topological polar surface area (TPSA) is 81.1 Å². The molecule has 0 radical (unpaired) electrons. The first-order valence-corrected chi connectivity index (χ1v) is 11.9. The monoisotopic (exact) mass is 419 g/mol. The molecule has 2 aromatic rings. The number of carbonyl (C=O) groups is 1. The van der Waals surface area contributed by atoms with Crippen LogP contribution in [0.1, 0.15) is 73.6 Å². The highest BCUT2D eigenvalue weighted by molar-refractivity contribution is 7.89. The van der Waals surface area contributed by atoms with Crippen molar-refractivity contribution in [3.05, 3.63) is 47.3 Å². The minimum Gasteiger partial charge on any atom is -0.271 e. The van der Waals surface area contributed by atoms with Crippen LogP contribution in [-0.2, 0) is 10.0 Å². The molecular formula is C22H33N3O3S. The summed E-state index contributed by atoms with van der Waals surface area (Å²) in [5.74, 6) is -0.333. The molecule has 29 heavy (non-hydrogen) atoms. The van der Waals surface area contributed by atoms with Crippen LogP contribution in [-0.4, -0.2) is 30.1 Å². The Morgan fingerprint density at radius 2 is 1.66 bits per heavy atom. The molecule has 1 unspecified atom stereocenters. The van der Waals surface area contributed by atoms with Crippen molar-refractivity contribution in [2.75, 3.05) is 0 Å². The molecule has 2 rings (SSSR count). The van der Waals surface area contributed by atoms with Gasteiger partial charge in [-0.05, 0) is 45.4 Å².